The molecule has 3 N–H and O–H groups in total. The van der Waals surface area contributed by atoms with E-state index in [0.29, 0.717) is 22.5 Å². The molecule has 2 rings (SSSR count). The van der Waals surface area contributed by atoms with Crippen LogP contribution in [0.2, 0.25) is 0 Å². The number of anilines is 2. The normalized spacial score (nSPS) is 9.64. The van der Waals surface area contributed by atoms with Gasteiger partial charge in [-0.3, -0.25) is 14.4 Å². The summed E-state index contributed by atoms with van der Waals surface area (Å²) in [6.45, 7) is 1.19. The van der Waals surface area contributed by atoms with Crippen molar-refractivity contribution in [3.8, 4) is 0 Å². The molecule has 2 aromatic rings. The summed E-state index contributed by atoms with van der Waals surface area (Å²) >= 11 is 0. The van der Waals surface area contributed by atoms with Crippen molar-refractivity contribution in [1.82, 2.24) is 0 Å². The van der Waals surface area contributed by atoms with Gasteiger partial charge in [-0.1, -0.05) is 24.3 Å². The van der Waals surface area contributed by atoms with E-state index in [1.807, 2.05) is 0 Å². The summed E-state index contributed by atoms with van der Waals surface area (Å²) in [6, 6.07) is 13.7. The Morgan fingerprint density at radius 2 is 1.32 bits per heavy atom. The molecule has 0 heterocycles. The van der Waals surface area contributed by atoms with Crippen molar-refractivity contribution >= 4 is 58.5 Å². The summed E-state index contributed by atoms with van der Waals surface area (Å²) in [4.78, 5) is 34.7. The molecule has 7 heteroatoms. The number of rotatable bonds is 8. The summed E-state index contributed by atoms with van der Waals surface area (Å²) in [5.41, 5.74) is 1.97. The molecular weight excluding hydrogens is 331 g/mol. The first kappa shape index (κ1) is 20.9. The van der Waals surface area contributed by atoms with Crippen molar-refractivity contribution < 1.29 is 19.5 Å². The van der Waals surface area contributed by atoms with E-state index < -0.39 is 5.97 Å². The molecule has 0 fully saturated rings. The Morgan fingerprint density at radius 1 is 0.840 bits per heavy atom. The van der Waals surface area contributed by atoms with E-state index in [1.165, 1.54) is 6.92 Å². The van der Waals surface area contributed by atoms with Crippen LogP contribution in [0.15, 0.2) is 48.5 Å². The fourth-order valence-corrected chi connectivity index (χ4v) is 2.27. The van der Waals surface area contributed by atoms with E-state index in [4.69, 9.17) is 5.11 Å². The zero-order chi connectivity index (χ0) is 17.5. The van der Waals surface area contributed by atoms with E-state index in [2.05, 4.69) is 10.6 Å². The van der Waals surface area contributed by atoms with E-state index in [-0.39, 0.29) is 54.2 Å². The molecule has 6 nitrogen and oxygen atoms in total. The number of Topliss-reactive ketones (excluding diaryl/α,β-unsaturated/α-hetero) is 2. The molecule has 25 heavy (non-hydrogen) atoms. The van der Waals surface area contributed by atoms with Crippen LogP contribution in [0, 0.1) is 0 Å². The van der Waals surface area contributed by atoms with Crippen LogP contribution in [0.5, 0.6) is 0 Å². The average molecular weight is 350 g/mol. The third kappa shape index (κ3) is 6.01. The average Bonchev–Trinajstić information content (AvgIpc) is 2.58. The molecule has 0 aliphatic carbocycles. The van der Waals surface area contributed by atoms with Crippen LogP contribution < -0.4 is 10.6 Å². The Balaban J connectivity index is 0.00000312. The Kier molecular flexibility index (Phi) is 8.34. The zero-order valence-electron chi connectivity index (χ0n) is 13.2. The van der Waals surface area contributed by atoms with Gasteiger partial charge in [-0.25, -0.2) is 0 Å². The minimum absolute atomic E-state index is 0. The number of para-hydroxylation sites is 2. The third-order valence-electron chi connectivity index (χ3n) is 3.40. The molecule has 0 radical (unpaired) electrons. The third-order valence-corrected chi connectivity index (χ3v) is 3.40. The second kappa shape index (κ2) is 9.98. The molecule has 0 saturated carbocycles. The number of carbonyl (C=O) groups excluding carboxylic acids is 2. The van der Waals surface area contributed by atoms with Crippen LogP contribution in [0.4, 0.5) is 11.4 Å². The summed E-state index contributed by atoms with van der Waals surface area (Å²) in [5.74, 6) is -1.30. The van der Waals surface area contributed by atoms with Gasteiger partial charge in [0, 0.05) is 22.5 Å². The first-order valence-corrected chi connectivity index (χ1v) is 7.40. The Hall–Kier alpha value is -2.15. The number of nitrogens with one attached hydrogen (secondary N) is 2. The molecule has 0 aliphatic rings. The maximum absolute atomic E-state index is 12.4. The number of carbonyl (C=O) groups is 3. The van der Waals surface area contributed by atoms with Crippen LogP contribution in [0.25, 0.3) is 0 Å². The number of aliphatic carboxylic acids is 1. The van der Waals surface area contributed by atoms with Crippen LogP contribution in [0.3, 0.4) is 0 Å². The van der Waals surface area contributed by atoms with E-state index in [0.717, 1.165) is 0 Å². The number of ketones is 2. The van der Waals surface area contributed by atoms with Gasteiger partial charge in [-0.15, -0.1) is 0 Å². The molecule has 0 bridgehead atoms. The Morgan fingerprint density at radius 3 is 1.88 bits per heavy atom. The summed E-state index contributed by atoms with van der Waals surface area (Å²) in [5, 5.41) is 14.4. The molecule has 0 atom stereocenters. The van der Waals surface area contributed by atoms with Crippen LogP contribution in [-0.2, 0) is 4.79 Å². The first-order chi connectivity index (χ1) is 11.5. The van der Waals surface area contributed by atoms with Crippen molar-refractivity contribution in [2.75, 3.05) is 23.7 Å². The molecule has 0 amide bonds. The van der Waals surface area contributed by atoms with Crippen LogP contribution >= 0.6 is 0 Å². The van der Waals surface area contributed by atoms with E-state index in [1.54, 1.807) is 48.5 Å². The van der Waals surface area contributed by atoms with Crippen molar-refractivity contribution in [3.05, 3.63) is 59.7 Å². The summed E-state index contributed by atoms with van der Waals surface area (Å²) in [7, 11) is 0. The molecule has 0 saturated heterocycles. The van der Waals surface area contributed by atoms with Crippen LogP contribution in [0.1, 0.15) is 27.6 Å². The Labute approximate surface area is 167 Å². The fourth-order valence-electron chi connectivity index (χ4n) is 2.27. The van der Waals surface area contributed by atoms with Gasteiger partial charge in [0.2, 0.25) is 0 Å². The van der Waals surface area contributed by atoms with Gasteiger partial charge < -0.3 is 15.7 Å². The SMILES string of the molecule is CC(=O)c1ccccc1NCC(=O)c1ccccc1NCC(=O)O.[NaH]. The van der Waals surface area contributed by atoms with E-state index in [9.17, 15) is 14.4 Å². The molecule has 126 valence electrons. The summed E-state index contributed by atoms with van der Waals surface area (Å²) in [6.07, 6.45) is 0. The molecular formula is C18H19N2NaO4. The first-order valence-electron chi connectivity index (χ1n) is 7.40. The zero-order valence-corrected chi connectivity index (χ0v) is 13.2. The number of carboxylic acid groups (broad SMARTS) is 1. The second-order valence-corrected chi connectivity index (χ2v) is 5.17. The minimum atomic E-state index is -1.01. The van der Waals surface area contributed by atoms with Gasteiger partial charge in [-0.05, 0) is 31.2 Å². The van der Waals surface area contributed by atoms with Gasteiger partial charge in [0.15, 0.2) is 11.6 Å². The van der Waals surface area contributed by atoms with Gasteiger partial charge >= 0.3 is 35.5 Å². The Bertz CT molecular complexity index is 777. The van der Waals surface area contributed by atoms with E-state index >= 15 is 0 Å². The fraction of sp³-hybridized carbons (Fsp3) is 0.167. The predicted octanol–water partition coefficient (Wildman–Crippen LogP) is 2.03. The van der Waals surface area contributed by atoms with Gasteiger partial charge in [-0.2, -0.15) is 0 Å². The number of hydrogen-bond acceptors (Lipinski definition) is 5. The monoisotopic (exact) mass is 350 g/mol. The summed E-state index contributed by atoms with van der Waals surface area (Å²) < 4.78 is 0. The van der Waals surface area contributed by atoms with Gasteiger partial charge in [0.1, 0.15) is 6.54 Å². The number of hydrogen-bond donors (Lipinski definition) is 3. The predicted molar refractivity (Wildman–Crippen MR) is 99.0 cm³/mol. The van der Waals surface area contributed by atoms with Gasteiger partial charge in [0.25, 0.3) is 0 Å². The molecule has 0 unspecified atom stereocenters. The second-order valence-electron chi connectivity index (χ2n) is 5.17. The van der Waals surface area contributed by atoms with Crippen molar-refractivity contribution in [2.24, 2.45) is 0 Å². The van der Waals surface area contributed by atoms with Crippen molar-refractivity contribution in [2.45, 2.75) is 6.92 Å². The quantitative estimate of drug-likeness (QED) is 0.498. The van der Waals surface area contributed by atoms with Crippen molar-refractivity contribution in [3.63, 3.8) is 0 Å². The standard InChI is InChI=1S/C18H18N2O4.Na.H/c1-12(21)13-6-2-4-8-15(13)19-10-17(22)14-7-3-5-9-16(14)20-11-18(23)24;;/h2-9,19-20H,10-11H2,1H3,(H,23,24);;. The van der Waals surface area contributed by atoms with Crippen molar-refractivity contribution in [1.29, 1.82) is 0 Å². The number of carboxylic acids is 1. The maximum atomic E-state index is 12.4. The van der Waals surface area contributed by atoms with Gasteiger partial charge in [0.05, 0.1) is 6.54 Å². The number of benzene rings is 2. The molecule has 2 aromatic carbocycles. The molecule has 0 aromatic heterocycles. The van der Waals surface area contributed by atoms with Crippen LogP contribution in [-0.4, -0.2) is 65.3 Å². The molecule has 0 aliphatic heterocycles. The molecule has 0 spiro atoms. The topological polar surface area (TPSA) is 95.5 Å².